The van der Waals surface area contributed by atoms with Gasteiger partial charge in [0.1, 0.15) is 11.9 Å². The molecule has 0 spiro atoms. The summed E-state index contributed by atoms with van der Waals surface area (Å²) in [5.41, 5.74) is 1.11. The van der Waals surface area contributed by atoms with Crippen LogP contribution in [0.25, 0.3) is 0 Å². The Hall–Kier alpha value is -2.05. The monoisotopic (exact) mass is 246 g/mol. The average molecular weight is 247 g/mol. The topological polar surface area (TPSA) is 35.8 Å². The maximum atomic E-state index is 13.4. The summed E-state index contributed by atoms with van der Waals surface area (Å²) in [5.74, 6) is -0.378. The maximum Gasteiger partial charge on any atom is 0.146 e. The number of hydrogen-bond acceptors (Lipinski definition) is 2. The number of benzene rings is 2. The van der Waals surface area contributed by atoms with Crippen LogP contribution in [-0.2, 0) is 0 Å². The van der Waals surface area contributed by atoms with Crippen LogP contribution in [0.4, 0.5) is 15.8 Å². The molecule has 2 aromatic rings. The first-order chi connectivity index (χ1) is 8.22. The van der Waals surface area contributed by atoms with Gasteiger partial charge in [0, 0.05) is 0 Å². The third-order valence-electron chi connectivity index (χ3n) is 2.27. The minimum atomic E-state index is -0.378. The van der Waals surface area contributed by atoms with Crippen molar-refractivity contribution in [1.82, 2.24) is 0 Å². The molecule has 0 heterocycles. The first kappa shape index (κ1) is 11.4. The molecular weight excluding hydrogens is 239 g/mol. The molecular formula is C13H8ClFN2. The number of nitrogens with zero attached hydrogens (tertiary/aromatic N) is 1. The van der Waals surface area contributed by atoms with Gasteiger partial charge < -0.3 is 5.32 Å². The Morgan fingerprint density at radius 3 is 2.47 bits per heavy atom. The lowest BCUT2D eigenvalue weighted by Gasteiger charge is -2.09. The summed E-state index contributed by atoms with van der Waals surface area (Å²) in [7, 11) is 0. The van der Waals surface area contributed by atoms with Gasteiger partial charge in [0.05, 0.1) is 22.0 Å². The molecule has 0 amide bonds. The zero-order valence-corrected chi connectivity index (χ0v) is 9.50. The van der Waals surface area contributed by atoms with Gasteiger partial charge in [-0.1, -0.05) is 29.8 Å². The molecule has 0 radical (unpaired) electrons. The Labute approximate surface area is 103 Å². The van der Waals surface area contributed by atoms with Gasteiger partial charge in [-0.3, -0.25) is 0 Å². The minimum absolute atomic E-state index is 0.303. The quantitative estimate of drug-likeness (QED) is 0.866. The zero-order valence-electron chi connectivity index (χ0n) is 8.74. The number of anilines is 2. The van der Waals surface area contributed by atoms with Gasteiger partial charge in [0.2, 0.25) is 0 Å². The van der Waals surface area contributed by atoms with Gasteiger partial charge in [-0.2, -0.15) is 5.26 Å². The van der Waals surface area contributed by atoms with Crippen molar-refractivity contribution < 1.29 is 4.39 Å². The predicted molar refractivity (Wildman–Crippen MR) is 65.8 cm³/mol. The van der Waals surface area contributed by atoms with Crippen LogP contribution in [0.5, 0.6) is 0 Å². The third kappa shape index (κ3) is 2.38. The van der Waals surface area contributed by atoms with E-state index in [-0.39, 0.29) is 5.82 Å². The minimum Gasteiger partial charge on any atom is -0.352 e. The summed E-state index contributed by atoms with van der Waals surface area (Å²) in [6.45, 7) is 0. The number of rotatable bonds is 2. The highest BCUT2D eigenvalue weighted by Gasteiger charge is 2.08. The van der Waals surface area contributed by atoms with Crippen molar-refractivity contribution >= 4 is 23.0 Å². The molecule has 0 aliphatic carbocycles. The maximum absolute atomic E-state index is 13.4. The van der Waals surface area contributed by atoms with E-state index in [9.17, 15) is 4.39 Å². The Bertz CT molecular complexity index is 590. The van der Waals surface area contributed by atoms with E-state index < -0.39 is 0 Å². The summed E-state index contributed by atoms with van der Waals surface area (Å²) in [5, 5.41) is 12.2. The summed E-state index contributed by atoms with van der Waals surface area (Å²) in [6, 6.07) is 13.2. The van der Waals surface area contributed by atoms with Crippen molar-refractivity contribution in [2.24, 2.45) is 0 Å². The summed E-state index contributed by atoms with van der Waals surface area (Å²) < 4.78 is 13.4. The second kappa shape index (κ2) is 4.86. The van der Waals surface area contributed by atoms with E-state index in [1.54, 1.807) is 36.4 Å². The van der Waals surface area contributed by atoms with E-state index in [1.165, 1.54) is 6.07 Å². The predicted octanol–water partition coefficient (Wildman–Crippen LogP) is 4.09. The average Bonchev–Trinajstić information content (AvgIpc) is 2.32. The van der Waals surface area contributed by atoms with Crippen molar-refractivity contribution in [3.63, 3.8) is 0 Å². The van der Waals surface area contributed by atoms with E-state index in [4.69, 9.17) is 16.9 Å². The van der Waals surface area contributed by atoms with Crippen LogP contribution in [0.3, 0.4) is 0 Å². The van der Waals surface area contributed by atoms with Crippen LogP contribution in [0.1, 0.15) is 5.56 Å². The number of nitrogens with one attached hydrogen (secondary N) is 1. The van der Waals surface area contributed by atoms with Gasteiger partial charge in [0.15, 0.2) is 0 Å². The van der Waals surface area contributed by atoms with Crippen LogP contribution >= 0.6 is 11.6 Å². The molecule has 17 heavy (non-hydrogen) atoms. The molecule has 0 saturated carbocycles. The van der Waals surface area contributed by atoms with E-state index in [2.05, 4.69) is 5.32 Å². The Balaban J connectivity index is 2.41. The van der Waals surface area contributed by atoms with Crippen molar-refractivity contribution in [3.8, 4) is 6.07 Å². The van der Waals surface area contributed by atoms with Crippen LogP contribution in [0, 0.1) is 17.1 Å². The van der Waals surface area contributed by atoms with Gasteiger partial charge in [-0.05, 0) is 24.3 Å². The van der Waals surface area contributed by atoms with E-state index >= 15 is 0 Å². The fourth-order valence-electron chi connectivity index (χ4n) is 1.45. The van der Waals surface area contributed by atoms with Crippen LogP contribution < -0.4 is 5.32 Å². The Morgan fingerprint density at radius 1 is 1.06 bits per heavy atom. The van der Waals surface area contributed by atoms with E-state index in [0.29, 0.717) is 22.0 Å². The summed E-state index contributed by atoms with van der Waals surface area (Å²) in [6.07, 6.45) is 0. The largest absolute Gasteiger partial charge is 0.352 e. The lowest BCUT2D eigenvalue weighted by atomic mass is 10.2. The van der Waals surface area contributed by atoms with E-state index in [1.807, 2.05) is 6.07 Å². The first-order valence-corrected chi connectivity index (χ1v) is 5.30. The molecule has 0 aliphatic rings. The molecule has 84 valence electrons. The van der Waals surface area contributed by atoms with Crippen molar-refractivity contribution in [2.45, 2.75) is 0 Å². The molecule has 0 aromatic heterocycles. The zero-order chi connectivity index (χ0) is 12.3. The molecule has 4 heteroatoms. The molecule has 2 rings (SSSR count). The van der Waals surface area contributed by atoms with Crippen molar-refractivity contribution in [3.05, 3.63) is 58.9 Å². The standard InChI is InChI=1S/C13H8ClFN2/c14-10-4-3-7-12(9(10)8-16)17-13-6-2-1-5-11(13)15/h1-7,17H. The molecule has 0 unspecified atom stereocenters. The van der Waals surface area contributed by atoms with Gasteiger partial charge in [0.25, 0.3) is 0 Å². The lowest BCUT2D eigenvalue weighted by molar-refractivity contribution is 0.632. The SMILES string of the molecule is N#Cc1c(Cl)cccc1Nc1ccccc1F. The second-order valence-electron chi connectivity index (χ2n) is 3.38. The van der Waals surface area contributed by atoms with Gasteiger partial charge in [-0.15, -0.1) is 0 Å². The number of nitriles is 1. The Morgan fingerprint density at radius 2 is 1.76 bits per heavy atom. The molecule has 1 N–H and O–H groups in total. The van der Waals surface area contributed by atoms with Gasteiger partial charge in [-0.25, -0.2) is 4.39 Å². The molecule has 0 bridgehead atoms. The molecule has 0 atom stereocenters. The smallest absolute Gasteiger partial charge is 0.146 e. The molecule has 2 nitrogen and oxygen atoms in total. The molecule has 2 aromatic carbocycles. The third-order valence-corrected chi connectivity index (χ3v) is 2.58. The fourth-order valence-corrected chi connectivity index (χ4v) is 1.67. The highest BCUT2D eigenvalue weighted by atomic mass is 35.5. The van der Waals surface area contributed by atoms with Crippen LogP contribution in [-0.4, -0.2) is 0 Å². The highest BCUT2D eigenvalue weighted by molar-refractivity contribution is 6.32. The van der Waals surface area contributed by atoms with Gasteiger partial charge >= 0.3 is 0 Å². The number of para-hydroxylation sites is 1. The fraction of sp³-hybridized carbons (Fsp3) is 0. The number of hydrogen-bond donors (Lipinski definition) is 1. The lowest BCUT2D eigenvalue weighted by Crippen LogP contribution is -1.96. The van der Waals surface area contributed by atoms with Crippen molar-refractivity contribution in [2.75, 3.05) is 5.32 Å². The molecule has 0 saturated heterocycles. The number of halogens is 2. The normalized spacial score (nSPS) is 9.71. The van der Waals surface area contributed by atoms with Crippen LogP contribution in [0.15, 0.2) is 42.5 Å². The first-order valence-electron chi connectivity index (χ1n) is 4.92. The van der Waals surface area contributed by atoms with Crippen molar-refractivity contribution in [1.29, 1.82) is 5.26 Å². The molecule has 0 aliphatic heterocycles. The summed E-state index contributed by atoms with van der Waals surface area (Å²) in [4.78, 5) is 0. The summed E-state index contributed by atoms with van der Waals surface area (Å²) >= 11 is 5.88. The highest BCUT2D eigenvalue weighted by Crippen LogP contribution is 2.27. The van der Waals surface area contributed by atoms with Crippen LogP contribution in [0.2, 0.25) is 5.02 Å². The second-order valence-corrected chi connectivity index (χ2v) is 3.79. The van der Waals surface area contributed by atoms with E-state index in [0.717, 1.165) is 0 Å². The molecule has 0 fully saturated rings. The Kier molecular flexibility index (Phi) is 3.27.